The van der Waals surface area contributed by atoms with E-state index in [-0.39, 0.29) is 5.41 Å². The van der Waals surface area contributed by atoms with E-state index in [1.54, 1.807) is 0 Å². The van der Waals surface area contributed by atoms with Crippen molar-refractivity contribution >= 4 is 60.7 Å². The molecular weight excluding hydrogens is 867 g/mol. The Morgan fingerprint density at radius 2 is 1.06 bits per heavy atom. The molecule has 0 saturated heterocycles. The Balaban J connectivity index is 0.852. The summed E-state index contributed by atoms with van der Waals surface area (Å²) in [5.74, 6) is 5.35. The summed E-state index contributed by atoms with van der Waals surface area (Å²) in [6.07, 6.45) is 8.68. The van der Waals surface area contributed by atoms with Crippen LogP contribution in [0.5, 0.6) is 11.5 Å². The molecule has 6 heteroatoms. The van der Waals surface area contributed by atoms with Gasteiger partial charge in [0.05, 0.1) is 40.1 Å². The van der Waals surface area contributed by atoms with E-state index in [4.69, 9.17) is 9.72 Å². The molecule has 0 radical (unpaired) electrons. The Hall–Kier alpha value is -8.09. The monoisotopic (exact) mass is 919 g/mol. The second kappa shape index (κ2) is 15.7. The number of pyridine rings is 1. The highest BCUT2D eigenvalue weighted by atomic mass is 16.5. The van der Waals surface area contributed by atoms with Gasteiger partial charge in [-0.1, -0.05) is 109 Å². The minimum Gasteiger partial charge on any atom is -0.457 e. The van der Waals surface area contributed by atoms with Gasteiger partial charge in [0.15, 0.2) is 0 Å². The fraction of sp³-hybridized carbons (Fsp3) is 0.185. The van der Waals surface area contributed by atoms with E-state index >= 15 is 0 Å². The Kier molecular flexibility index (Phi) is 9.02. The van der Waals surface area contributed by atoms with Crippen LogP contribution in [-0.4, -0.2) is 27.8 Å². The van der Waals surface area contributed by atoms with E-state index in [0.717, 1.165) is 63.7 Å². The predicted molar refractivity (Wildman–Crippen MR) is 291 cm³/mol. The normalized spacial score (nSPS) is 21.3. The first-order valence-electron chi connectivity index (χ1n) is 25.6. The van der Waals surface area contributed by atoms with Gasteiger partial charge in [0.25, 0.3) is 0 Å². The number of fused-ring (bicyclic) bond motifs is 7. The third kappa shape index (κ3) is 6.23. The van der Waals surface area contributed by atoms with Crippen LogP contribution in [0, 0.1) is 23.7 Å². The quantitative estimate of drug-likeness (QED) is 0.152. The maximum Gasteiger partial charge on any atom is 0.137 e. The number of aromatic nitrogens is 3. The maximum atomic E-state index is 7.02. The van der Waals surface area contributed by atoms with Crippen molar-refractivity contribution in [2.75, 3.05) is 23.5 Å². The van der Waals surface area contributed by atoms with Crippen molar-refractivity contribution in [1.82, 2.24) is 14.1 Å². The molecule has 1 aliphatic heterocycles. The van der Waals surface area contributed by atoms with Gasteiger partial charge in [0, 0.05) is 63.7 Å². The fourth-order valence-electron chi connectivity index (χ4n) is 14.5. The Labute approximate surface area is 414 Å². The van der Waals surface area contributed by atoms with Crippen LogP contribution < -0.4 is 14.5 Å². The van der Waals surface area contributed by atoms with Crippen LogP contribution in [0.25, 0.3) is 66.2 Å². The van der Waals surface area contributed by atoms with Gasteiger partial charge >= 0.3 is 0 Å². The van der Waals surface area contributed by atoms with Gasteiger partial charge in [0.1, 0.15) is 17.3 Å². The molecule has 4 fully saturated rings. The standard InChI is InChI=1S/C65H53N5O/c1-67-41-68(62-22-12-11-21-61(62)67)51-36-45(44-13-3-2-4-14-44)37-53(39-51)71-52-27-28-57-56-17-7-10-20-60(56)70(63(57)40-52)64-38-47(29-30-66-64)65(48-32-42-31-43(34-48)35-49(65)33-42)46-23-25-50(26-24-46)69-58-18-8-5-15-54(58)55-16-6-9-19-59(55)69/h2-30,36-40,42-43,48-49H,31-35,41H2,1H3. The highest BCUT2D eigenvalue weighted by Gasteiger charge is 2.58. The van der Waals surface area contributed by atoms with Crippen LogP contribution in [0.2, 0.25) is 0 Å². The molecule has 16 rings (SSSR count). The zero-order valence-corrected chi connectivity index (χ0v) is 39.8. The molecule has 8 aromatic carbocycles. The van der Waals surface area contributed by atoms with Crippen LogP contribution in [0.4, 0.5) is 17.1 Å². The molecule has 0 N–H and O–H groups in total. The van der Waals surface area contributed by atoms with Crippen LogP contribution in [-0.2, 0) is 5.41 Å². The summed E-state index contributed by atoms with van der Waals surface area (Å²) in [7, 11) is 2.16. The molecule has 0 spiro atoms. The van der Waals surface area contributed by atoms with Gasteiger partial charge in [-0.15, -0.1) is 0 Å². The molecule has 4 saturated carbocycles. The summed E-state index contributed by atoms with van der Waals surface area (Å²) < 4.78 is 11.9. The zero-order valence-electron chi connectivity index (χ0n) is 39.8. The fourth-order valence-corrected chi connectivity index (χ4v) is 14.5. The molecule has 0 atom stereocenters. The van der Waals surface area contributed by atoms with Crippen LogP contribution in [0.3, 0.4) is 0 Å². The number of hydrogen-bond donors (Lipinski definition) is 0. The lowest BCUT2D eigenvalue weighted by atomic mass is 9.42. The summed E-state index contributed by atoms with van der Waals surface area (Å²) >= 11 is 0. The molecule has 71 heavy (non-hydrogen) atoms. The Bertz CT molecular complexity index is 3800. The number of ether oxygens (including phenoxy) is 1. The lowest BCUT2D eigenvalue weighted by molar-refractivity contribution is -0.0418. The first kappa shape index (κ1) is 40.8. The first-order valence-corrected chi connectivity index (χ1v) is 25.6. The number of rotatable bonds is 8. The highest BCUT2D eigenvalue weighted by molar-refractivity contribution is 6.10. The van der Waals surface area contributed by atoms with Gasteiger partial charge in [-0.2, -0.15) is 0 Å². The number of hydrogen-bond acceptors (Lipinski definition) is 4. The van der Waals surface area contributed by atoms with Crippen molar-refractivity contribution in [2.24, 2.45) is 23.7 Å². The van der Waals surface area contributed by atoms with Crippen molar-refractivity contribution < 1.29 is 4.74 Å². The van der Waals surface area contributed by atoms with Gasteiger partial charge in [0.2, 0.25) is 0 Å². The molecule has 4 heterocycles. The smallest absolute Gasteiger partial charge is 0.137 e. The molecule has 4 aliphatic carbocycles. The second-order valence-electron chi connectivity index (χ2n) is 21.0. The minimum atomic E-state index is -0.108. The minimum absolute atomic E-state index is 0.108. The lowest BCUT2D eigenvalue weighted by Crippen LogP contribution is -2.56. The van der Waals surface area contributed by atoms with Crippen molar-refractivity contribution in [3.05, 3.63) is 218 Å². The van der Waals surface area contributed by atoms with Crippen molar-refractivity contribution in [3.63, 3.8) is 0 Å². The summed E-state index contributed by atoms with van der Waals surface area (Å²) in [6, 6.07) is 73.6. The Morgan fingerprint density at radius 3 is 1.75 bits per heavy atom. The molecule has 5 aliphatic rings. The third-order valence-electron chi connectivity index (χ3n) is 17.2. The van der Waals surface area contributed by atoms with Gasteiger partial charge in [-0.3, -0.25) is 4.57 Å². The molecule has 0 unspecified atom stereocenters. The molecule has 0 amide bonds. The maximum absolute atomic E-state index is 7.02. The summed E-state index contributed by atoms with van der Waals surface area (Å²) in [4.78, 5) is 9.95. The van der Waals surface area contributed by atoms with E-state index in [1.165, 1.54) is 92.9 Å². The Morgan fingerprint density at radius 1 is 0.451 bits per heavy atom. The summed E-state index contributed by atoms with van der Waals surface area (Å²) in [6.45, 7) is 0.757. The van der Waals surface area contributed by atoms with E-state index < -0.39 is 0 Å². The van der Waals surface area contributed by atoms with Gasteiger partial charge in [-0.05, 0) is 157 Å². The first-order chi connectivity index (χ1) is 35.0. The van der Waals surface area contributed by atoms with E-state index in [1.807, 2.05) is 0 Å². The third-order valence-corrected chi connectivity index (χ3v) is 17.2. The van der Waals surface area contributed by atoms with Crippen LogP contribution in [0.15, 0.2) is 206 Å². The summed E-state index contributed by atoms with van der Waals surface area (Å²) in [5, 5.41) is 4.97. The van der Waals surface area contributed by atoms with Crippen molar-refractivity contribution in [2.45, 2.75) is 37.5 Å². The largest absolute Gasteiger partial charge is 0.457 e. The van der Waals surface area contributed by atoms with Crippen molar-refractivity contribution in [3.8, 4) is 34.1 Å². The number of nitrogens with zero attached hydrogens (tertiary/aromatic N) is 5. The summed E-state index contributed by atoms with van der Waals surface area (Å²) in [5.41, 5.74) is 14.4. The molecule has 6 nitrogen and oxygen atoms in total. The number of benzene rings is 8. The topological polar surface area (TPSA) is 38.5 Å². The molecule has 344 valence electrons. The molecule has 11 aromatic rings. The van der Waals surface area contributed by atoms with Crippen LogP contribution in [0.1, 0.15) is 43.2 Å². The molecule has 4 bridgehead atoms. The van der Waals surface area contributed by atoms with Gasteiger partial charge < -0.3 is 19.1 Å². The second-order valence-corrected chi connectivity index (χ2v) is 21.0. The van der Waals surface area contributed by atoms with E-state index in [9.17, 15) is 0 Å². The zero-order chi connectivity index (χ0) is 46.8. The molecule has 3 aromatic heterocycles. The predicted octanol–water partition coefficient (Wildman–Crippen LogP) is 16.0. The SMILES string of the molecule is CN1CN(c2cc(Oc3ccc4c5ccccc5n(-c5cc(C6(c7ccc(-n8c9ccccc9c9ccccc98)cc7)C7CC8CC(C7)CC6C8)ccn5)c4c3)cc(-c3ccccc3)c2)c2ccccc21. The number of anilines is 3. The average molecular weight is 920 g/mol. The lowest BCUT2D eigenvalue weighted by Gasteiger charge is -2.62. The highest BCUT2D eigenvalue weighted by Crippen LogP contribution is 2.65. The van der Waals surface area contributed by atoms with E-state index in [2.05, 4.69) is 232 Å². The van der Waals surface area contributed by atoms with Crippen molar-refractivity contribution in [1.29, 1.82) is 0 Å². The molecular formula is C65H53N5O. The van der Waals surface area contributed by atoms with E-state index in [0.29, 0.717) is 11.8 Å². The van der Waals surface area contributed by atoms with Crippen LogP contribution >= 0.6 is 0 Å². The van der Waals surface area contributed by atoms with Gasteiger partial charge in [-0.25, -0.2) is 4.98 Å². The average Bonchev–Trinajstić information content (AvgIpc) is 4.06. The number of para-hydroxylation sites is 5.